The number of halogens is 1. The standard InChI is InChI=1S/C19H16FNO4S/c1-11-17-14(20)7-4-8-15(17)26-18(11)19(23)25-10-16(22)21-12-5-3-6-13(9-12)24-2/h3-9H,10H2,1-2H3,(H,21,22). The van der Waals surface area contributed by atoms with E-state index in [0.717, 1.165) is 11.3 Å². The second kappa shape index (κ2) is 7.53. The van der Waals surface area contributed by atoms with Gasteiger partial charge < -0.3 is 14.8 Å². The van der Waals surface area contributed by atoms with Gasteiger partial charge in [0.05, 0.1) is 7.11 Å². The normalized spacial score (nSPS) is 10.6. The lowest BCUT2D eigenvalue weighted by Crippen LogP contribution is -2.20. The van der Waals surface area contributed by atoms with Crippen molar-refractivity contribution in [2.45, 2.75) is 6.92 Å². The minimum atomic E-state index is -0.649. The predicted octanol–water partition coefficient (Wildman–Crippen LogP) is 4.15. The number of esters is 1. The third-order valence-electron chi connectivity index (χ3n) is 3.78. The van der Waals surface area contributed by atoms with Gasteiger partial charge in [0.1, 0.15) is 16.4 Å². The van der Waals surface area contributed by atoms with Crippen LogP contribution in [0.1, 0.15) is 15.2 Å². The lowest BCUT2D eigenvalue weighted by atomic mass is 10.1. The van der Waals surface area contributed by atoms with E-state index in [0.29, 0.717) is 32.0 Å². The molecular weight excluding hydrogens is 357 g/mol. The van der Waals surface area contributed by atoms with Crippen molar-refractivity contribution in [2.24, 2.45) is 0 Å². The Bertz CT molecular complexity index is 983. The average molecular weight is 373 g/mol. The van der Waals surface area contributed by atoms with Gasteiger partial charge in [0, 0.05) is 21.8 Å². The third-order valence-corrected chi connectivity index (χ3v) is 5.01. The van der Waals surface area contributed by atoms with Gasteiger partial charge in [-0.25, -0.2) is 9.18 Å². The van der Waals surface area contributed by atoms with Crippen LogP contribution in [-0.2, 0) is 9.53 Å². The molecular formula is C19H16FNO4S. The molecule has 7 heteroatoms. The molecule has 0 unspecified atom stereocenters. The van der Waals surface area contributed by atoms with E-state index in [9.17, 15) is 14.0 Å². The fraction of sp³-hybridized carbons (Fsp3) is 0.158. The molecule has 0 fully saturated rings. The van der Waals surface area contributed by atoms with Crippen molar-refractivity contribution in [1.82, 2.24) is 0 Å². The van der Waals surface area contributed by atoms with Gasteiger partial charge in [0.15, 0.2) is 6.61 Å². The monoisotopic (exact) mass is 373 g/mol. The van der Waals surface area contributed by atoms with E-state index in [1.54, 1.807) is 43.3 Å². The Morgan fingerprint density at radius 3 is 2.69 bits per heavy atom. The fourth-order valence-electron chi connectivity index (χ4n) is 2.54. The molecule has 2 aromatic carbocycles. The summed E-state index contributed by atoms with van der Waals surface area (Å²) >= 11 is 1.14. The van der Waals surface area contributed by atoms with Crippen LogP contribution in [0.2, 0.25) is 0 Å². The van der Waals surface area contributed by atoms with Crippen LogP contribution >= 0.6 is 11.3 Å². The first-order valence-electron chi connectivity index (χ1n) is 7.78. The number of ether oxygens (including phenoxy) is 2. The van der Waals surface area contributed by atoms with E-state index in [2.05, 4.69) is 5.32 Å². The largest absolute Gasteiger partial charge is 0.497 e. The second-order valence-corrected chi connectivity index (χ2v) is 6.58. The molecule has 0 bridgehead atoms. The maximum atomic E-state index is 13.9. The highest BCUT2D eigenvalue weighted by molar-refractivity contribution is 7.21. The molecule has 0 saturated carbocycles. The second-order valence-electron chi connectivity index (χ2n) is 5.53. The van der Waals surface area contributed by atoms with Crippen LogP contribution in [0.3, 0.4) is 0 Å². The summed E-state index contributed by atoms with van der Waals surface area (Å²) in [4.78, 5) is 24.5. The quantitative estimate of drug-likeness (QED) is 0.683. The van der Waals surface area contributed by atoms with Crippen molar-refractivity contribution in [3.63, 3.8) is 0 Å². The molecule has 0 saturated heterocycles. The van der Waals surface area contributed by atoms with Crippen LogP contribution in [0.25, 0.3) is 10.1 Å². The zero-order chi connectivity index (χ0) is 18.7. The Labute approximate surface area is 153 Å². The summed E-state index contributed by atoms with van der Waals surface area (Å²) < 4.78 is 24.7. The van der Waals surface area contributed by atoms with Gasteiger partial charge in [-0.3, -0.25) is 4.79 Å². The van der Waals surface area contributed by atoms with Gasteiger partial charge in [-0.05, 0) is 36.8 Å². The number of methoxy groups -OCH3 is 1. The topological polar surface area (TPSA) is 64.6 Å². The minimum absolute atomic E-state index is 0.291. The number of hydrogen-bond acceptors (Lipinski definition) is 5. The van der Waals surface area contributed by atoms with E-state index in [4.69, 9.17) is 9.47 Å². The zero-order valence-electron chi connectivity index (χ0n) is 14.2. The molecule has 0 aliphatic heterocycles. The lowest BCUT2D eigenvalue weighted by Gasteiger charge is -2.07. The average Bonchev–Trinajstić information content (AvgIpc) is 2.98. The number of hydrogen-bond donors (Lipinski definition) is 1. The minimum Gasteiger partial charge on any atom is -0.497 e. The van der Waals surface area contributed by atoms with Crippen LogP contribution in [-0.4, -0.2) is 25.6 Å². The Morgan fingerprint density at radius 2 is 1.96 bits per heavy atom. The molecule has 1 amide bonds. The summed E-state index contributed by atoms with van der Waals surface area (Å²) in [6, 6.07) is 11.5. The van der Waals surface area contributed by atoms with Crippen LogP contribution in [0.5, 0.6) is 5.75 Å². The van der Waals surface area contributed by atoms with Crippen molar-refractivity contribution in [2.75, 3.05) is 19.0 Å². The number of benzene rings is 2. The fourth-order valence-corrected chi connectivity index (χ4v) is 3.66. The first kappa shape index (κ1) is 17.9. The molecule has 0 radical (unpaired) electrons. The molecule has 5 nitrogen and oxygen atoms in total. The first-order chi connectivity index (χ1) is 12.5. The molecule has 0 spiro atoms. The smallest absolute Gasteiger partial charge is 0.349 e. The number of carbonyl (C=O) groups excluding carboxylic acids is 2. The summed E-state index contributed by atoms with van der Waals surface area (Å²) in [7, 11) is 1.53. The number of carbonyl (C=O) groups is 2. The van der Waals surface area contributed by atoms with E-state index in [1.807, 2.05) is 0 Å². The van der Waals surface area contributed by atoms with Gasteiger partial charge >= 0.3 is 5.97 Å². The number of amides is 1. The summed E-state index contributed by atoms with van der Waals surface area (Å²) in [6.45, 7) is 1.22. The highest BCUT2D eigenvalue weighted by atomic mass is 32.1. The Kier molecular flexibility index (Phi) is 5.18. The molecule has 134 valence electrons. The van der Waals surface area contributed by atoms with E-state index < -0.39 is 18.5 Å². The van der Waals surface area contributed by atoms with Crippen molar-refractivity contribution in [3.8, 4) is 5.75 Å². The molecule has 1 N–H and O–H groups in total. The number of nitrogens with one attached hydrogen (secondary N) is 1. The van der Waals surface area contributed by atoms with Gasteiger partial charge in [0.2, 0.25) is 0 Å². The first-order valence-corrected chi connectivity index (χ1v) is 8.60. The molecule has 0 atom stereocenters. The highest BCUT2D eigenvalue weighted by Gasteiger charge is 2.19. The van der Waals surface area contributed by atoms with Crippen molar-refractivity contribution < 1.29 is 23.5 Å². The van der Waals surface area contributed by atoms with Crippen LogP contribution in [0.15, 0.2) is 42.5 Å². The Morgan fingerprint density at radius 1 is 1.19 bits per heavy atom. The van der Waals surface area contributed by atoms with Crippen LogP contribution in [0, 0.1) is 12.7 Å². The van der Waals surface area contributed by atoms with Gasteiger partial charge in [-0.15, -0.1) is 11.3 Å². The van der Waals surface area contributed by atoms with Crippen molar-refractivity contribution in [3.05, 3.63) is 58.7 Å². The SMILES string of the molecule is COc1cccc(NC(=O)COC(=O)c2sc3cccc(F)c3c2C)c1. The maximum absolute atomic E-state index is 13.9. The molecule has 1 aromatic heterocycles. The molecule has 1 heterocycles. The van der Waals surface area contributed by atoms with E-state index in [-0.39, 0.29) is 5.82 Å². The molecule has 3 aromatic rings. The molecule has 3 rings (SSSR count). The zero-order valence-corrected chi connectivity index (χ0v) is 15.0. The predicted molar refractivity (Wildman–Crippen MR) is 98.4 cm³/mol. The van der Waals surface area contributed by atoms with Crippen LogP contribution in [0.4, 0.5) is 10.1 Å². The Balaban J connectivity index is 1.66. The Hall–Kier alpha value is -2.93. The summed E-state index contributed by atoms with van der Waals surface area (Å²) in [5.41, 5.74) is 1.05. The van der Waals surface area contributed by atoms with Gasteiger partial charge in [0.25, 0.3) is 5.91 Å². The number of fused-ring (bicyclic) bond motifs is 1. The number of thiophene rings is 1. The van der Waals surface area contributed by atoms with Gasteiger partial charge in [-0.1, -0.05) is 12.1 Å². The molecule has 0 aliphatic carbocycles. The summed E-state index contributed by atoms with van der Waals surface area (Å²) in [5.74, 6) is -0.908. The molecule has 0 aliphatic rings. The third kappa shape index (κ3) is 3.67. The number of rotatable bonds is 5. The van der Waals surface area contributed by atoms with Crippen molar-refractivity contribution >= 4 is 39.0 Å². The maximum Gasteiger partial charge on any atom is 0.349 e. The number of anilines is 1. The highest BCUT2D eigenvalue weighted by Crippen LogP contribution is 2.32. The van der Waals surface area contributed by atoms with Crippen molar-refractivity contribution in [1.29, 1.82) is 0 Å². The number of aryl methyl sites for hydroxylation is 1. The summed E-state index contributed by atoms with van der Waals surface area (Å²) in [5, 5.41) is 3.03. The van der Waals surface area contributed by atoms with E-state index in [1.165, 1.54) is 13.2 Å². The van der Waals surface area contributed by atoms with E-state index >= 15 is 0 Å². The molecule has 26 heavy (non-hydrogen) atoms. The van der Waals surface area contributed by atoms with Gasteiger partial charge in [-0.2, -0.15) is 0 Å². The summed E-state index contributed by atoms with van der Waals surface area (Å²) in [6.07, 6.45) is 0. The van der Waals surface area contributed by atoms with Crippen LogP contribution < -0.4 is 10.1 Å². The lowest BCUT2D eigenvalue weighted by molar-refractivity contribution is -0.119.